The van der Waals surface area contributed by atoms with E-state index in [4.69, 9.17) is 0 Å². The van der Waals surface area contributed by atoms with E-state index in [0.717, 1.165) is 6.54 Å². The molecule has 16 heavy (non-hydrogen) atoms. The maximum absolute atomic E-state index is 11.9. The summed E-state index contributed by atoms with van der Waals surface area (Å²) in [7, 11) is 0. The van der Waals surface area contributed by atoms with Crippen LogP contribution in [-0.4, -0.2) is 35.3 Å². The summed E-state index contributed by atoms with van der Waals surface area (Å²) in [4.78, 5) is 25.6. The van der Waals surface area contributed by atoms with E-state index in [1.165, 1.54) is 19.3 Å². The molecule has 2 amide bonds. The lowest BCUT2D eigenvalue weighted by Gasteiger charge is -2.45. The number of piperazine rings is 1. The Morgan fingerprint density at radius 2 is 2.12 bits per heavy atom. The van der Waals surface area contributed by atoms with E-state index in [1.807, 2.05) is 13.8 Å². The lowest BCUT2D eigenvalue weighted by molar-refractivity contribution is -0.154. The molecule has 4 heteroatoms. The minimum absolute atomic E-state index is 0.00563. The Kier molecular flexibility index (Phi) is 2.91. The topological polar surface area (TPSA) is 49.4 Å². The van der Waals surface area contributed by atoms with Gasteiger partial charge in [0.2, 0.25) is 11.8 Å². The second kappa shape index (κ2) is 4.07. The Morgan fingerprint density at radius 3 is 2.62 bits per heavy atom. The standard InChI is InChI=1S/C12H20N2O2/c1-3-12(2)11(16)13-7-10(15)14(12)8-9-5-4-6-9/h9H,3-8H2,1-2H3,(H,13,16). The van der Waals surface area contributed by atoms with Crippen molar-refractivity contribution in [2.24, 2.45) is 5.92 Å². The van der Waals surface area contributed by atoms with Crippen LogP contribution in [0.3, 0.4) is 0 Å². The molecule has 1 N–H and O–H groups in total. The molecule has 2 aliphatic rings. The summed E-state index contributed by atoms with van der Waals surface area (Å²) in [6.07, 6.45) is 4.34. The molecule has 1 unspecified atom stereocenters. The van der Waals surface area contributed by atoms with Gasteiger partial charge in [-0.25, -0.2) is 0 Å². The summed E-state index contributed by atoms with van der Waals surface area (Å²) in [5.41, 5.74) is -0.634. The first-order valence-electron chi connectivity index (χ1n) is 6.16. The Hall–Kier alpha value is -1.06. The second-order valence-electron chi connectivity index (χ2n) is 5.11. The molecular weight excluding hydrogens is 204 g/mol. The van der Waals surface area contributed by atoms with E-state index < -0.39 is 5.54 Å². The highest BCUT2D eigenvalue weighted by molar-refractivity contribution is 5.97. The van der Waals surface area contributed by atoms with Gasteiger partial charge in [-0.05, 0) is 32.1 Å². The molecule has 90 valence electrons. The predicted molar refractivity (Wildman–Crippen MR) is 60.8 cm³/mol. The number of amides is 2. The van der Waals surface area contributed by atoms with E-state index >= 15 is 0 Å². The monoisotopic (exact) mass is 224 g/mol. The maximum atomic E-state index is 11.9. The van der Waals surface area contributed by atoms with Crippen LogP contribution in [0.5, 0.6) is 0 Å². The first kappa shape index (κ1) is 11.4. The summed E-state index contributed by atoms with van der Waals surface area (Å²) in [5, 5.41) is 2.68. The molecule has 1 saturated heterocycles. The largest absolute Gasteiger partial charge is 0.345 e. The SMILES string of the molecule is CCC1(C)C(=O)NCC(=O)N1CC1CCC1. The van der Waals surface area contributed by atoms with Crippen LogP contribution in [0, 0.1) is 5.92 Å². The van der Waals surface area contributed by atoms with Crippen LogP contribution >= 0.6 is 0 Å². The van der Waals surface area contributed by atoms with Gasteiger partial charge in [0.15, 0.2) is 0 Å². The Labute approximate surface area is 96.4 Å². The van der Waals surface area contributed by atoms with Crippen molar-refractivity contribution in [2.75, 3.05) is 13.1 Å². The van der Waals surface area contributed by atoms with Crippen LogP contribution in [0.15, 0.2) is 0 Å². The molecule has 1 aliphatic heterocycles. The van der Waals surface area contributed by atoms with E-state index in [9.17, 15) is 9.59 Å². The van der Waals surface area contributed by atoms with Gasteiger partial charge in [0.1, 0.15) is 5.54 Å². The molecule has 0 spiro atoms. The number of rotatable bonds is 3. The minimum Gasteiger partial charge on any atom is -0.345 e. The Bertz CT molecular complexity index is 312. The molecule has 2 fully saturated rings. The zero-order chi connectivity index (χ0) is 11.8. The van der Waals surface area contributed by atoms with Crippen molar-refractivity contribution in [1.82, 2.24) is 10.2 Å². The summed E-state index contributed by atoms with van der Waals surface area (Å²) in [6.45, 7) is 4.77. The van der Waals surface area contributed by atoms with Gasteiger partial charge in [-0.3, -0.25) is 9.59 Å². The molecule has 0 bridgehead atoms. The normalized spacial score (nSPS) is 31.2. The number of hydrogen-bond acceptors (Lipinski definition) is 2. The fourth-order valence-electron chi connectivity index (χ4n) is 2.43. The highest BCUT2D eigenvalue weighted by Gasteiger charge is 2.45. The van der Waals surface area contributed by atoms with Crippen LogP contribution in [0.4, 0.5) is 0 Å². The summed E-state index contributed by atoms with van der Waals surface area (Å²) < 4.78 is 0. The summed E-state index contributed by atoms with van der Waals surface area (Å²) >= 11 is 0. The quantitative estimate of drug-likeness (QED) is 0.774. The summed E-state index contributed by atoms with van der Waals surface area (Å²) in [6, 6.07) is 0. The minimum atomic E-state index is -0.634. The van der Waals surface area contributed by atoms with Crippen molar-refractivity contribution in [3.05, 3.63) is 0 Å². The van der Waals surface area contributed by atoms with E-state index in [-0.39, 0.29) is 18.4 Å². The molecule has 0 aromatic heterocycles. The zero-order valence-corrected chi connectivity index (χ0v) is 10.1. The second-order valence-corrected chi connectivity index (χ2v) is 5.11. The fourth-order valence-corrected chi connectivity index (χ4v) is 2.43. The van der Waals surface area contributed by atoms with Gasteiger partial charge in [0.25, 0.3) is 0 Å². The third kappa shape index (κ3) is 1.70. The third-order valence-corrected chi connectivity index (χ3v) is 4.14. The molecule has 0 aromatic carbocycles. The zero-order valence-electron chi connectivity index (χ0n) is 10.1. The van der Waals surface area contributed by atoms with Gasteiger partial charge >= 0.3 is 0 Å². The van der Waals surface area contributed by atoms with E-state index in [1.54, 1.807) is 4.90 Å². The van der Waals surface area contributed by atoms with Gasteiger partial charge in [-0.1, -0.05) is 13.3 Å². The highest BCUT2D eigenvalue weighted by atomic mass is 16.2. The van der Waals surface area contributed by atoms with Crippen LogP contribution < -0.4 is 5.32 Å². The van der Waals surface area contributed by atoms with Gasteiger partial charge in [0.05, 0.1) is 6.54 Å². The van der Waals surface area contributed by atoms with Gasteiger partial charge < -0.3 is 10.2 Å². The van der Waals surface area contributed by atoms with Crippen LogP contribution in [-0.2, 0) is 9.59 Å². The molecule has 1 saturated carbocycles. The van der Waals surface area contributed by atoms with Gasteiger partial charge in [-0.15, -0.1) is 0 Å². The third-order valence-electron chi connectivity index (χ3n) is 4.14. The molecule has 1 aliphatic carbocycles. The van der Waals surface area contributed by atoms with Crippen LogP contribution in [0.2, 0.25) is 0 Å². The van der Waals surface area contributed by atoms with Crippen molar-refractivity contribution in [2.45, 2.75) is 45.1 Å². The summed E-state index contributed by atoms with van der Waals surface area (Å²) in [5.74, 6) is 0.672. The maximum Gasteiger partial charge on any atom is 0.246 e. The number of nitrogens with one attached hydrogen (secondary N) is 1. The molecular formula is C12H20N2O2. The van der Waals surface area contributed by atoms with Crippen molar-refractivity contribution in [3.8, 4) is 0 Å². The van der Waals surface area contributed by atoms with Crippen molar-refractivity contribution in [3.63, 3.8) is 0 Å². The molecule has 0 radical (unpaired) electrons. The number of carbonyl (C=O) groups is 2. The van der Waals surface area contributed by atoms with E-state index in [0.29, 0.717) is 12.3 Å². The van der Waals surface area contributed by atoms with Crippen LogP contribution in [0.25, 0.3) is 0 Å². The molecule has 1 heterocycles. The van der Waals surface area contributed by atoms with Crippen molar-refractivity contribution >= 4 is 11.8 Å². The average Bonchev–Trinajstić information content (AvgIpc) is 2.21. The average molecular weight is 224 g/mol. The molecule has 4 nitrogen and oxygen atoms in total. The lowest BCUT2D eigenvalue weighted by Crippen LogP contribution is -2.66. The molecule has 0 aromatic rings. The lowest BCUT2D eigenvalue weighted by atomic mass is 9.82. The first-order chi connectivity index (χ1) is 7.58. The van der Waals surface area contributed by atoms with E-state index in [2.05, 4.69) is 5.32 Å². The van der Waals surface area contributed by atoms with Crippen molar-refractivity contribution < 1.29 is 9.59 Å². The highest BCUT2D eigenvalue weighted by Crippen LogP contribution is 2.31. The van der Waals surface area contributed by atoms with Crippen molar-refractivity contribution in [1.29, 1.82) is 0 Å². The van der Waals surface area contributed by atoms with Gasteiger partial charge in [0, 0.05) is 6.54 Å². The number of hydrogen-bond donors (Lipinski definition) is 1. The Morgan fingerprint density at radius 1 is 1.44 bits per heavy atom. The van der Waals surface area contributed by atoms with Gasteiger partial charge in [-0.2, -0.15) is 0 Å². The number of nitrogens with zero attached hydrogens (tertiary/aromatic N) is 1. The van der Waals surface area contributed by atoms with Crippen LogP contribution in [0.1, 0.15) is 39.5 Å². The Balaban J connectivity index is 2.14. The predicted octanol–water partition coefficient (Wildman–Crippen LogP) is 0.914. The smallest absolute Gasteiger partial charge is 0.246 e. The molecule has 1 atom stereocenters. The molecule has 2 rings (SSSR count). The fraction of sp³-hybridized carbons (Fsp3) is 0.833. The number of carbonyl (C=O) groups excluding carboxylic acids is 2. The first-order valence-corrected chi connectivity index (χ1v) is 6.16.